The van der Waals surface area contributed by atoms with Crippen molar-refractivity contribution in [1.82, 2.24) is 4.98 Å². The standard InChI is InChI=1S/C15H15Cl2N/c1-10-3-6-13(18-9-10)8-15(17)12-5-4-11(2)14(16)7-12/h3-7,9,15H,8H2,1-2H3. The fraction of sp³-hybridized carbons (Fsp3) is 0.267. The first-order valence-corrected chi connectivity index (χ1v) is 6.69. The Morgan fingerprint density at radius 2 is 1.94 bits per heavy atom. The number of aryl methyl sites for hydroxylation is 2. The molecule has 0 bridgehead atoms. The summed E-state index contributed by atoms with van der Waals surface area (Å²) in [5.41, 5.74) is 4.26. The van der Waals surface area contributed by atoms with Crippen LogP contribution in [0.5, 0.6) is 0 Å². The highest BCUT2D eigenvalue weighted by Crippen LogP contribution is 2.28. The molecule has 94 valence electrons. The Labute approximate surface area is 118 Å². The summed E-state index contributed by atoms with van der Waals surface area (Å²) in [5.74, 6) is 0. The molecule has 0 N–H and O–H groups in total. The molecule has 0 spiro atoms. The first-order valence-electron chi connectivity index (χ1n) is 5.88. The van der Waals surface area contributed by atoms with Crippen molar-refractivity contribution in [1.29, 1.82) is 0 Å². The van der Waals surface area contributed by atoms with Gasteiger partial charge in [-0.15, -0.1) is 11.6 Å². The van der Waals surface area contributed by atoms with E-state index >= 15 is 0 Å². The second kappa shape index (κ2) is 5.73. The van der Waals surface area contributed by atoms with Gasteiger partial charge in [0.15, 0.2) is 0 Å². The molecule has 18 heavy (non-hydrogen) atoms. The Bertz CT molecular complexity index is 535. The SMILES string of the molecule is Cc1ccc(CC(Cl)c2ccc(C)c(Cl)c2)nc1. The molecule has 0 saturated carbocycles. The Kier molecular flexibility index (Phi) is 4.26. The molecule has 1 atom stereocenters. The minimum atomic E-state index is -0.0988. The highest BCUT2D eigenvalue weighted by molar-refractivity contribution is 6.31. The Balaban J connectivity index is 2.13. The van der Waals surface area contributed by atoms with E-state index in [1.54, 1.807) is 0 Å². The normalized spacial score (nSPS) is 12.4. The summed E-state index contributed by atoms with van der Waals surface area (Å²) in [4.78, 5) is 4.37. The van der Waals surface area contributed by atoms with Crippen LogP contribution in [0, 0.1) is 13.8 Å². The fourth-order valence-electron chi connectivity index (χ4n) is 1.72. The molecule has 1 aromatic carbocycles. The van der Waals surface area contributed by atoms with Gasteiger partial charge in [-0.1, -0.05) is 29.8 Å². The van der Waals surface area contributed by atoms with E-state index in [4.69, 9.17) is 23.2 Å². The third-order valence-electron chi connectivity index (χ3n) is 2.92. The smallest absolute Gasteiger partial charge is 0.0641 e. The lowest BCUT2D eigenvalue weighted by molar-refractivity contribution is 0.878. The van der Waals surface area contributed by atoms with Gasteiger partial charge in [-0.3, -0.25) is 4.98 Å². The lowest BCUT2D eigenvalue weighted by Crippen LogP contribution is -1.98. The maximum absolute atomic E-state index is 6.41. The lowest BCUT2D eigenvalue weighted by atomic mass is 10.1. The monoisotopic (exact) mass is 279 g/mol. The summed E-state index contributed by atoms with van der Waals surface area (Å²) in [6.45, 7) is 4.01. The fourth-order valence-corrected chi connectivity index (χ4v) is 2.21. The molecule has 0 amide bonds. The summed E-state index contributed by atoms with van der Waals surface area (Å²) >= 11 is 12.5. The van der Waals surface area contributed by atoms with Gasteiger partial charge in [-0.25, -0.2) is 0 Å². The minimum Gasteiger partial charge on any atom is -0.261 e. The molecule has 1 unspecified atom stereocenters. The third kappa shape index (κ3) is 3.24. The maximum Gasteiger partial charge on any atom is 0.0641 e. The molecule has 0 aliphatic rings. The molecule has 0 radical (unpaired) electrons. The van der Waals surface area contributed by atoms with Crippen molar-refractivity contribution >= 4 is 23.2 Å². The number of pyridine rings is 1. The number of hydrogen-bond donors (Lipinski definition) is 0. The van der Waals surface area contributed by atoms with Crippen LogP contribution >= 0.6 is 23.2 Å². The van der Waals surface area contributed by atoms with E-state index in [0.717, 1.165) is 27.4 Å². The maximum atomic E-state index is 6.41. The van der Waals surface area contributed by atoms with Crippen LogP contribution in [0.15, 0.2) is 36.5 Å². The predicted molar refractivity (Wildman–Crippen MR) is 77.5 cm³/mol. The van der Waals surface area contributed by atoms with Crippen molar-refractivity contribution < 1.29 is 0 Å². The summed E-state index contributed by atoms with van der Waals surface area (Å²) < 4.78 is 0. The summed E-state index contributed by atoms with van der Waals surface area (Å²) in [5, 5.41) is 0.660. The number of hydrogen-bond acceptors (Lipinski definition) is 1. The number of aromatic nitrogens is 1. The molecule has 0 aliphatic carbocycles. The molecular weight excluding hydrogens is 265 g/mol. The van der Waals surface area contributed by atoms with Gasteiger partial charge < -0.3 is 0 Å². The third-order valence-corrected chi connectivity index (χ3v) is 3.73. The molecule has 0 fully saturated rings. The van der Waals surface area contributed by atoms with Gasteiger partial charge >= 0.3 is 0 Å². The zero-order valence-electron chi connectivity index (χ0n) is 10.5. The van der Waals surface area contributed by atoms with E-state index in [-0.39, 0.29) is 5.38 Å². The van der Waals surface area contributed by atoms with Crippen LogP contribution in [-0.4, -0.2) is 4.98 Å². The highest BCUT2D eigenvalue weighted by atomic mass is 35.5. The zero-order chi connectivity index (χ0) is 13.1. The van der Waals surface area contributed by atoms with E-state index in [1.807, 2.05) is 50.4 Å². The molecule has 2 aromatic rings. The zero-order valence-corrected chi connectivity index (χ0v) is 12.0. The predicted octanol–water partition coefficient (Wildman–Crippen LogP) is 4.87. The summed E-state index contributed by atoms with van der Waals surface area (Å²) in [6.07, 6.45) is 2.57. The van der Waals surface area contributed by atoms with Gasteiger partial charge in [-0.05, 0) is 42.7 Å². The van der Waals surface area contributed by atoms with Gasteiger partial charge in [0.2, 0.25) is 0 Å². The lowest BCUT2D eigenvalue weighted by Gasteiger charge is -2.11. The summed E-state index contributed by atoms with van der Waals surface area (Å²) in [6, 6.07) is 10.0. The Hall–Kier alpha value is -1.05. The average Bonchev–Trinajstić information content (AvgIpc) is 2.35. The van der Waals surface area contributed by atoms with Gasteiger partial charge in [-0.2, -0.15) is 0 Å². The second-order valence-corrected chi connectivity index (χ2v) is 5.44. The van der Waals surface area contributed by atoms with Crippen LogP contribution in [0.2, 0.25) is 5.02 Å². The van der Waals surface area contributed by atoms with Crippen molar-refractivity contribution in [2.75, 3.05) is 0 Å². The molecule has 3 heteroatoms. The number of rotatable bonds is 3. The van der Waals surface area contributed by atoms with E-state index in [9.17, 15) is 0 Å². The van der Waals surface area contributed by atoms with Gasteiger partial charge in [0, 0.05) is 23.3 Å². The van der Waals surface area contributed by atoms with E-state index in [1.165, 1.54) is 0 Å². The highest BCUT2D eigenvalue weighted by Gasteiger charge is 2.11. The molecular formula is C15H15Cl2N. The average molecular weight is 280 g/mol. The van der Waals surface area contributed by atoms with Crippen molar-refractivity contribution in [3.63, 3.8) is 0 Å². The van der Waals surface area contributed by atoms with E-state index in [0.29, 0.717) is 6.42 Å². The van der Waals surface area contributed by atoms with Crippen LogP contribution in [-0.2, 0) is 6.42 Å². The molecule has 2 rings (SSSR count). The van der Waals surface area contributed by atoms with Crippen molar-refractivity contribution in [3.05, 3.63) is 63.9 Å². The molecule has 1 nitrogen and oxygen atoms in total. The first-order chi connectivity index (χ1) is 8.56. The Morgan fingerprint density at radius 3 is 2.56 bits per heavy atom. The number of benzene rings is 1. The van der Waals surface area contributed by atoms with Crippen molar-refractivity contribution in [3.8, 4) is 0 Å². The van der Waals surface area contributed by atoms with Crippen LogP contribution in [0.1, 0.15) is 27.8 Å². The van der Waals surface area contributed by atoms with Crippen LogP contribution in [0.4, 0.5) is 0 Å². The van der Waals surface area contributed by atoms with E-state index < -0.39 is 0 Å². The van der Waals surface area contributed by atoms with Gasteiger partial charge in [0.05, 0.1) is 5.38 Å². The van der Waals surface area contributed by atoms with Crippen molar-refractivity contribution in [2.24, 2.45) is 0 Å². The van der Waals surface area contributed by atoms with Gasteiger partial charge in [0.1, 0.15) is 0 Å². The molecule has 1 heterocycles. The topological polar surface area (TPSA) is 12.9 Å². The molecule has 0 aliphatic heterocycles. The first kappa shape index (κ1) is 13.4. The number of halogens is 2. The Morgan fingerprint density at radius 1 is 1.17 bits per heavy atom. The minimum absolute atomic E-state index is 0.0988. The van der Waals surface area contributed by atoms with Crippen LogP contribution in [0.3, 0.4) is 0 Å². The summed E-state index contributed by atoms with van der Waals surface area (Å²) in [7, 11) is 0. The van der Waals surface area contributed by atoms with Crippen LogP contribution in [0.25, 0.3) is 0 Å². The quantitative estimate of drug-likeness (QED) is 0.730. The van der Waals surface area contributed by atoms with E-state index in [2.05, 4.69) is 4.98 Å². The van der Waals surface area contributed by atoms with Gasteiger partial charge in [0.25, 0.3) is 0 Å². The molecule has 1 aromatic heterocycles. The van der Waals surface area contributed by atoms with Crippen LogP contribution < -0.4 is 0 Å². The molecule has 0 saturated heterocycles. The number of alkyl halides is 1. The van der Waals surface area contributed by atoms with Crippen molar-refractivity contribution in [2.45, 2.75) is 25.6 Å². The largest absolute Gasteiger partial charge is 0.261 e. The second-order valence-electron chi connectivity index (χ2n) is 4.51. The number of nitrogens with zero attached hydrogens (tertiary/aromatic N) is 1.